The molecule has 1 aliphatic heterocycles. The van der Waals surface area contributed by atoms with Gasteiger partial charge in [-0.25, -0.2) is 0 Å². The number of hydrogen-bond donors (Lipinski definition) is 1. The van der Waals surface area contributed by atoms with Crippen LogP contribution in [0, 0.1) is 19.3 Å². The van der Waals surface area contributed by atoms with Gasteiger partial charge in [0, 0.05) is 26.2 Å². The summed E-state index contributed by atoms with van der Waals surface area (Å²) in [5.74, 6) is 2.81. The number of thioether (sulfide) groups is 1. The summed E-state index contributed by atoms with van der Waals surface area (Å²) in [5, 5.41) is 15.6. The molecule has 9 heteroatoms. The fourth-order valence-electron chi connectivity index (χ4n) is 3.67. The van der Waals surface area contributed by atoms with E-state index in [0.717, 1.165) is 48.8 Å². The van der Waals surface area contributed by atoms with Crippen LogP contribution in [0.25, 0.3) is 5.69 Å². The Labute approximate surface area is 192 Å². The van der Waals surface area contributed by atoms with Crippen molar-refractivity contribution < 1.29 is 4.79 Å². The minimum atomic E-state index is -0.104. The number of amides is 1. The second-order valence-corrected chi connectivity index (χ2v) is 8.42. The molecule has 0 unspecified atom stereocenters. The molecule has 0 radical (unpaired) electrons. The average molecular weight is 448 g/mol. The molecule has 0 saturated carbocycles. The zero-order chi connectivity index (χ0) is 22.3. The van der Waals surface area contributed by atoms with Crippen LogP contribution in [-0.4, -0.2) is 69.5 Å². The Balaban J connectivity index is 1.39. The lowest BCUT2D eigenvalue weighted by Crippen LogP contribution is -2.46. The van der Waals surface area contributed by atoms with E-state index < -0.39 is 0 Å². The summed E-state index contributed by atoms with van der Waals surface area (Å²) in [4.78, 5) is 17.3. The molecule has 1 saturated heterocycles. The maximum absolute atomic E-state index is 12.7. The van der Waals surface area contributed by atoms with E-state index in [1.807, 2.05) is 55.5 Å². The maximum Gasteiger partial charge on any atom is 0.234 e. The van der Waals surface area contributed by atoms with Crippen LogP contribution in [0.2, 0.25) is 0 Å². The number of tetrazole rings is 1. The highest BCUT2D eigenvalue weighted by atomic mass is 32.2. The number of hydrogen-bond acceptors (Lipinski definition) is 7. The SMILES string of the molecule is C#CCN1CCN(c2ccccc2NC(=O)CSc2nnnn2-c2ccccc2C)CC1. The fraction of sp³-hybridized carbons (Fsp3) is 0.304. The van der Waals surface area contributed by atoms with Crippen molar-refractivity contribution in [3.63, 3.8) is 0 Å². The predicted molar refractivity (Wildman–Crippen MR) is 127 cm³/mol. The van der Waals surface area contributed by atoms with E-state index in [0.29, 0.717) is 11.7 Å². The van der Waals surface area contributed by atoms with Crippen molar-refractivity contribution in [3.8, 4) is 18.0 Å². The third-order valence-electron chi connectivity index (χ3n) is 5.32. The van der Waals surface area contributed by atoms with Crippen LogP contribution in [-0.2, 0) is 4.79 Å². The van der Waals surface area contributed by atoms with Crippen molar-refractivity contribution in [2.75, 3.05) is 48.7 Å². The molecule has 2 heterocycles. The molecule has 2 aromatic carbocycles. The zero-order valence-electron chi connectivity index (χ0n) is 17.9. The molecule has 0 atom stereocenters. The highest BCUT2D eigenvalue weighted by Crippen LogP contribution is 2.27. The lowest BCUT2D eigenvalue weighted by Gasteiger charge is -2.36. The van der Waals surface area contributed by atoms with Gasteiger partial charge in [-0.15, -0.1) is 11.5 Å². The minimum Gasteiger partial charge on any atom is -0.367 e. The van der Waals surface area contributed by atoms with Gasteiger partial charge >= 0.3 is 0 Å². The number of carbonyl (C=O) groups is 1. The van der Waals surface area contributed by atoms with Crippen molar-refractivity contribution in [3.05, 3.63) is 54.1 Å². The summed E-state index contributed by atoms with van der Waals surface area (Å²) in [5.41, 5.74) is 3.79. The third-order valence-corrected chi connectivity index (χ3v) is 6.24. The molecular weight excluding hydrogens is 422 g/mol. The van der Waals surface area contributed by atoms with E-state index >= 15 is 0 Å². The Hall–Kier alpha value is -3.35. The van der Waals surface area contributed by atoms with Crippen molar-refractivity contribution in [1.29, 1.82) is 0 Å². The second kappa shape index (κ2) is 10.3. The number of anilines is 2. The number of carbonyl (C=O) groups excluding carboxylic acids is 1. The molecule has 1 aromatic heterocycles. The number of piperazine rings is 1. The molecule has 4 rings (SSSR count). The normalized spacial score (nSPS) is 14.2. The van der Waals surface area contributed by atoms with Gasteiger partial charge in [-0.3, -0.25) is 9.69 Å². The fourth-order valence-corrected chi connectivity index (χ4v) is 4.35. The highest BCUT2D eigenvalue weighted by Gasteiger charge is 2.19. The van der Waals surface area contributed by atoms with Crippen LogP contribution >= 0.6 is 11.8 Å². The van der Waals surface area contributed by atoms with Gasteiger partial charge in [0.15, 0.2) is 0 Å². The summed E-state index contributed by atoms with van der Waals surface area (Å²) >= 11 is 1.31. The largest absolute Gasteiger partial charge is 0.367 e. The molecule has 0 bridgehead atoms. The molecule has 1 aliphatic rings. The molecule has 1 N–H and O–H groups in total. The molecular formula is C23H25N7OS. The second-order valence-electron chi connectivity index (χ2n) is 7.48. The minimum absolute atomic E-state index is 0.104. The Morgan fingerprint density at radius 3 is 2.56 bits per heavy atom. The average Bonchev–Trinajstić information content (AvgIpc) is 3.28. The first-order valence-electron chi connectivity index (χ1n) is 10.4. The van der Waals surface area contributed by atoms with Gasteiger partial charge in [0.2, 0.25) is 11.1 Å². The summed E-state index contributed by atoms with van der Waals surface area (Å²) in [6, 6.07) is 15.8. The summed E-state index contributed by atoms with van der Waals surface area (Å²) in [6.07, 6.45) is 5.43. The van der Waals surface area contributed by atoms with Crippen molar-refractivity contribution in [2.45, 2.75) is 12.1 Å². The van der Waals surface area contributed by atoms with Crippen LogP contribution in [0.3, 0.4) is 0 Å². The van der Waals surface area contributed by atoms with E-state index in [1.165, 1.54) is 11.8 Å². The maximum atomic E-state index is 12.7. The molecule has 32 heavy (non-hydrogen) atoms. The number of para-hydroxylation sites is 3. The molecule has 3 aromatic rings. The zero-order valence-corrected chi connectivity index (χ0v) is 18.8. The van der Waals surface area contributed by atoms with Gasteiger partial charge < -0.3 is 10.2 Å². The molecule has 1 amide bonds. The van der Waals surface area contributed by atoms with Gasteiger partial charge in [0.05, 0.1) is 29.4 Å². The number of aryl methyl sites for hydroxylation is 1. The molecule has 1 fully saturated rings. The van der Waals surface area contributed by atoms with Crippen molar-refractivity contribution >= 4 is 29.0 Å². The van der Waals surface area contributed by atoms with Gasteiger partial charge in [-0.05, 0) is 41.1 Å². The van der Waals surface area contributed by atoms with E-state index in [1.54, 1.807) is 4.68 Å². The quantitative estimate of drug-likeness (QED) is 0.440. The van der Waals surface area contributed by atoms with Crippen molar-refractivity contribution in [2.24, 2.45) is 0 Å². The standard InChI is InChI=1S/C23H25N7OS/c1-3-12-28-13-15-29(16-14-28)21-11-7-5-9-19(21)24-22(31)17-32-23-25-26-27-30(23)20-10-6-4-8-18(20)2/h1,4-11H,12-17H2,2H3,(H,24,31). The van der Waals surface area contributed by atoms with Crippen LogP contribution in [0.5, 0.6) is 0 Å². The van der Waals surface area contributed by atoms with Crippen LogP contribution in [0.4, 0.5) is 11.4 Å². The highest BCUT2D eigenvalue weighted by molar-refractivity contribution is 7.99. The van der Waals surface area contributed by atoms with Gasteiger partial charge in [-0.2, -0.15) is 4.68 Å². The van der Waals surface area contributed by atoms with Crippen LogP contribution in [0.15, 0.2) is 53.7 Å². The van der Waals surface area contributed by atoms with E-state index in [9.17, 15) is 4.79 Å². The van der Waals surface area contributed by atoms with Gasteiger partial charge in [0.1, 0.15) is 0 Å². The molecule has 0 spiro atoms. The smallest absolute Gasteiger partial charge is 0.234 e. The third kappa shape index (κ3) is 5.10. The van der Waals surface area contributed by atoms with Gasteiger partial charge in [0.25, 0.3) is 0 Å². The van der Waals surface area contributed by atoms with E-state index in [4.69, 9.17) is 6.42 Å². The molecule has 8 nitrogen and oxygen atoms in total. The lowest BCUT2D eigenvalue weighted by atomic mass is 10.2. The lowest BCUT2D eigenvalue weighted by molar-refractivity contribution is -0.113. The number of rotatable bonds is 7. The Morgan fingerprint density at radius 1 is 1.09 bits per heavy atom. The number of benzene rings is 2. The summed E-state index contributed by atoms with van der Waals surface area (Å²) in [7, 11) is 0. The van der Waals surface area contributed by atoms with Crippen LogP contribution < -0.4 is 10.2 Å². The van der Waals surface area contributed by atoms with E-state index in [-0.39, 0.29) is 11.7 Å². The molecule has 0 aliphatic carbocycles. The Bertz CT molecular complexity index is 1120. The van der Waals surface area contributed by atoms with E-state index in [2.05, 4.69) is 36.6 Å². The summed E-state index contributed by atoms with van der Waals surface area (Å²) < 4.78 is 1.66. The first-order valence-corrected chi connectivity index (χ1v) is 11.4. The Kier molecular flexibility index (Phi) is 7.04. The topological polar surface area (TPSA) is 79.2 Å². The number of terminal acetylenes is 1. The predicted octanol–water partition coefficient (Wildman–Crippen LogP) is 2.46. The number of nitrogens with one attached hydrogen (secondary N) is 1. The number of nitrogens with zero attached hydrogens (tertiary/aromatic N) is 6. The Morgan fingerprint density at radius 2 is 1.81 bits per heavy atom. The number of aromatic nitrogens is 4. The summed E-state index contributed by atoms with van der Waals surface area (Å²) in [6.45, 7) is 6.23. The monoisotopic (exact) mass is 447 g/mol. The van der Waals surface area contributed by atoms with Crippen LogP contribution in [0.1, 0.15) is 5.56 Å². The van der Waals surface area contributed by atoms with Crippen molar-refractivity contribution in [1.82, 2.24) is 25.1 Å². The first-order chi connectivity index (χ1) is 15.7. The molecule has 164 valence electrons. The van der Waals surface area contributed by atoms with Gasteiger partial charge in [-0.1, -0.05) is 48.0 Å². The first kappa shape index (κ1) is 21.9.